The van der Waals surface area contributed by atoms with Crippen LogP contribution in [0.4, 0.5) is 4.39 Å². The lowest BCUT2D eigenvalue weighted by molar-refractivity contribution is -0.139. The first-order valence-electron chi connectivity index (χ1n) is 8.09. The van der Waals surface area contributed by atoms with Gasteiger partial charge in [0.2, 0.25) is 0 Å². The molecule has 0 saturated carbocycles. The summed E-state index contributed by atoms with van der Waals surface area (Å²) in [6, 6.07) is 7.49. The molecule has 1 aromatic rings. The van der Waals surface area contributed by atoms with Crippen LogP contribution >= 0.6 is 0 Å². The van der Waals surface area contributed by atoms with Crippen molar-refractivity contribution in [2.45, 2.75) is 30.8 Å². The van der Waals surface area contributed by atoms with Crippen LogP contribution in [-0.2, 0) is 4.79 Å². The fourth-order valence-corrected chi connectivity index (χ4v) is 4.90. The van der Waals surface area contributed by atoms with Gasteiger partial charge in [-0.3, -0.25) is 14.6 Å². The SMILES string of the molecule is O=C(O)CN1C[C@H](c2ccc(F)cc2)[C@H]2[C@@H]1C1CCN2CC1. The average molecular weight is 304 g/mol. The van der Waals surface area contributed by atoms with E-state index in [1.165, 1.54) is 25.0 Å². The summed E-state index contributed by atoms with van der Waals surface area (Å²) in [5.41, 5.74) is 1.14. The first-order valence-corrected chi connectivity index (χ1v) is 8.09. The third kappa shape index (κ3) is 2.23. The van der Waals surface area contributed by atoms with Gasteiger partial charge >= 0.3 is 5.97 Å². The summed E-state index contributed by atoms with van der Waals surface area (Å²) >= 11 is 0. The van der Waals surface area contributed by atoms with Crippen molar-refractivity contribution in [3.63, 3.8) is 0 Å². The summed E-state index contributed by atoms with van der Waals surface area (Å²) in [6.45, 7) is 3.11. The molecule has 0 spiro atoms. The van der Waals surface area contributed by atoms with Gasteiger partial charge in [0.1, 0.15) is 5.82 Å². The number of carboxylic acid groups (broad SMARTS) is 1. The molecule has 4 fully saturated rings. The van der Waals surface area contributed by atoms with Crippen molar-refractivity contribution >= 4 is 5.97 Å². The number of hydrogen-bond donors (Lipinski definition) is 1. The molecule has 4 aliphatic rings. The quantitative estimate of drug-likeness (QED) is 0.924. The van der Waals surface area contributed by atoms with Gasteiger partial charge < -0.3 is 5.11 Å². The predicted octanol–water partition coefficient (Wildman–Crippen LogP) is 1.77. The number of nitrogens with zero attached hydrogens (tertiary/aromatic N) is 2. The van der Waals surface area contributed by atoms with E-state index in [2.05, 4.69) is 9.80 Å². The van der Waals surface area contributed by atoms with Crippen LogP contribution < -0.4 is 0 Å². The molecule has 0 radical (unpaired) electrons. The van der Waals surface area contributed by atoms with Gasteiger partial charge in [-0.05, 0) is 49.5 Å². The van der Waals surface area contributed by atoms with Crippen LogP contribution in [0.15, 0.2) is 24.3 Å². The largest absolute Gasteiger partial charge is 0.480 e. The van der Waals surface area contributed by atoms with E-state index in [0.717, 1.165) is 25.2 Å². The number of likely N-dealkylation sites (tertiary alicyclic amines) is 1. The highest BCUT2D eigenvalue weighted by Gasteiger charge is 2.53. The molecule has 5 heteroatoms. The molecule has 0 amide bonds. The van der Waals surface area contributed by atoms with E-state index >= 15 is 0 Å². The van der Waals surface area contributed by atoms with Crippen LogP contribution in [0.5, 0.6) is 0 Å². The Hall–Kier alpha value is -1.46. The molecular formula is C17H21FN2O2. The standard InChI is InChI=1S/C17H21FN2O2/c18-13-3-1-11(2-4-13)14-9-20(10-15(21)22)16-12-5-7-19(8-6-12)17(14)16/h1-4,12,14,16-17H,5-10H2,(H,21,22)/t14-,16+,17+/m1/s1. The maximum Gasteiger partial charge on any atom is 0.317 e. The van der Waals surface area contributed by atoms with Crippen molar-refractivity contribution < 1.29 is 14.3 Å². The van der Waals surface area contributed by atoms with Gasteiger partial charge in [-0.2, -0.15) is 0 Å². The second-order valence-corrected chi connectivity index (χ2v) is 6.84. The molecular weight excluding hydrogens is 283 g/mol. The van der Waals surface area contributed by atoms with Crippen molar-refractivity contribution in [2.75, 3.05) is 26.2 Å². The van der Waals surface area contributed by atoms with Gasteiger partial charge in [-0.15, -0.1) is 0 Å². The van der Waals surface area contributed by atoms with E-state index in [4.69, 9.17) is 0 Å². The average Bonchev–Trinajstić information content (AvgIpc) is 2.90. The summed E-state index contributed by atoms with van der Waals surface area (Å²) < 4.78 is 13.2. The maximum absolute atomic E-state index is 13.2. The monoisotopic (exact) mass is 304 g/mol. The highest BCUT2D eigenvalue weighted by Crippen LogP contribution is 2.46. The Kier molecular flexibility index (Phi) is 3.42. The lowest BCUT2D eigenvalue weighted by Gasteiger charge is -2.51. The number of carbonyl (C=O) groups is 1. The Labute approximate surface area is 129 Å². The number of halogens is 1. The molecule has 2 bridgehead atoms. The molecule has 0 unspecified atom stereocenters. The Morgan fingerprint density at radius 3 is 2.50 bits per heavy atom. The van der Waals surface area contributed by atoms with Gasteiger partial charge in [0.15, 0.2) is 0 Å². The van der Waals surface area contributed by atoms with E-state index in [-0.39, 0.29) is 18.3 Å². The van der Waals surface area contributed by atoms with Crippen LogP contribution in [0.3, 0.4) is 0 Å². The summed E-state index contributed by atoms with van der Waals surface area (Å²) in [5, 5.41) is 9.22. The minimum atomic E-state index is -0.755. The zero-order valence-corrected chi connectivity index (χ0v) is 12.5. The first-order chi connectivity index (χ1) is 10.6. The van der Waals surface area contributed by atoms with Gasteiger partial charge in [0, 0.05) is 24.5 Å². The van der Waals surface area contributed by atoms with E-state index in [0.29, 0.717) is 18.0 Å². The number of benzene rings is 1. The normalized spacial score (nSPS) is 37.2. The molecule has 118 valence electrons. The zero-order chi connectivity index (χ0) is 15.3. The molecule has 3 atom stereocenters. The minimum Gasteiger partial charge on any atom is -0.480 e. The lowest BCUT2D eigenvalue weighted by atomic mass is 9.75. The van der Waals surface area contributed by atoms with Crippen molar-refractivity contribution in [1.82, 2.24) is 9.80 Å². The molecule has 4 nitrogen and oxygen atoms in total. The Morgan fingerprint density at radius 2 is 1.86 bits per heavy atom. The summed E-state index contributed by atoms with van der Waals surface area (Å²) in [4.78, 5) is 15.9. The Bertz CT molecular complexity index is 569. The van der Waals surface area contributed by atoms with Gasteiger partial charge in [-0.1, -0.05) is 12.1 Å². The molecule has 1 aromatic carbocycles. The predicted molar refractivity (Wildman–Crippen MR) is 80.2 cm³/mol. The van der Waals surface area contributed by atoms with Gasteiger partial charge in [0.25, 0.3) is 0 Å². The second-order valence-electron chi connectivity index (χ2n) is 6.84. The third-order valence-electron chi connectivity index (χ3n) is 5.73. The number of piperidine rings is 3. The number of fused-ring (bicyclic) bond motifs is 2. The van der Waals surface area contributed by atoms with Gasteiger partial charge in [0.05, 0.1) is 6.54 Å². The summed E-state index contributed by atoms with van der Waals surface area (Å²) in [6.07, 6.45) is 2.35. The molecule has 4 saturated heterocycles. The molecule has 0 aromatic heterocycles. The molecule has 4 heterocycles. The van der Waals surface area contributed by atoms with Crippen molar-refractivity contribution in [2.24, 2.45) is 5.92 Å². The van der Waals surface area contributed by atoms with Crippen molar-refractivity contribution in [1.29, 1.82) is 0 Å². The minimum absolute atomic E-state index is 0.114. The fraction of sp³-hybridized carbons (Fsp3) is 0.588. The Balaban J connectivity index is 1.67. The molecule has 4 aliphatic heterocycles. The molecule has 5 rings (SSSR count). The number of carboxylic acids is 1. The van der Waals surface area contributed by atoms with Gasteiger partial charge in [-0.25, -0.2) is 4.39 Å². The van der Waals surface area contributed by atoms with Crippen molar-refractivity contribution in [3.8, 4) is 0 Å². The highest BCUT2D eigenvalue weighted by molar-refractivity contribution is 5.69. The van der Waals surface area contributed by atoms with E-state index < -0.39 is 5.97 Å². The van der Waals surface area contributed by atoms with Crippen molar-refractivity contribution in [3.05, 3.63) is 35.6 Å². The topological polar surface area (TPSA) is 43.8 Å². The first kappa shape index (κ1) is 14.2. The fourth-order valence-electron chi connectivity index (χ4n) is 4.90. The third-order valence-corrected chi connectivity index (χ3v) is 5.73. The van der Waals surface area contributed by atoms with Crippen LogP contribution in [0.1, 0.15) is 24.3 Å². The number of rotatable bonds is 3. The second kappa shape index (κ2) is 5.32. The van der Waals surface area contributed by atoms with Crippen LogP contribution in [0.2, 0.25) is 0 Å². The Morgan fingerprint density at radius 1 is 1.18 bits per heavy atom. The van der Waals surface area contributed by atoms with E-state index in [1.807, 2.05) is 12.1 Å². The van der Waals surface area contributed by atoms with E-state index in [9.17, 15) is 14.3 Å². The number of hydrogen-bond acceptors (Lipinski definition) is 3. The van der Waals surface area contributed by atoms with Crippen LogP contribution in [0, 0.1) is 11.7 Å². The summed E-state index contributed by atoms with van der Waals surface area (Å²) in [5.74, 6) is -0.0750. The maximum atomic E-state index is 13.2. The smallest absolute Gasteiger partial charge is 0.317 e. The zero-order valence-electron chi connectivity index (χ0n) is 12.5. The molecule has 1 N–H and O–H groups in total. The molecule has 0 aliphatic carbocycles. The van der Waals surface area contributed by atoms with Crippen LogP contribution in [-0.4, -0.2) is 59.1 Å². The molecule has 22 heavy (non-hydrogen) atoms. The summed E-state index contributed by atoms with van der Waals surface area (Å²) in [7, 11) is 0. The number of aliphatic carboxylic acids is 1. The van der Waals surface area contributed by atoms with E-state index in [1.54, 1.807) is 0 Å². The lowest BCUT2D eigenvalue weighted by Crippen LogP contribution is -2.60. The highest BCUT2D eigenvalue weighted by atomic mass is 19.1. The van der Waals surface area contributed by atoms with Crippen LogP contribution in [0.25, 0.3) is 0 Å².